The molecule has 0 aliphatic heterocycles. The molecule has 3 aromatic carbocycles. The van der Waals surface area contributed by atoms with Gasteiger partial charge < -0.3 is 0 Å². The summed E-state index contributed by atoms with van der Waals surface area (Å²) < 4.78 is 0. The van der Waals surface area contributed by atoms with Crippen molar-refractivity contribution in [2.24, 2.45) is 0 Å². The minimum atomic E-state index is -1.99. The van der Waals surface area contributed by atoms with E-state index >= 15 is 0 Å². The SMILES string of the molecule is Br.c1ccc([PH](c2ccccc2)(c2ccccc2)C2CCCC2)cc1. The van der Waals surface area contributed by atoms with Crippen LogP contribution in [-0.2, 0) is 0 Å². The molecule has 0 radical (unpaired) electrons. The summed E-state index contributed by atoms with van der Waals surface area (Å²) >= 11 is 0. The second-order valence-electron chi connectivity index (χ2n) is 6.89. The molecule has 0 nitrogen and oxygen atoms in total. The topological polar surface area (TPSA) is 0 Å². The van der Waals surface area contributed by atoms with Gasteiger partial charge in [-0.15, -0.1) is 17.0 Å². The fourth-order valence-corrected chi connectivity index (χ4v) is 10.5. The molecule has 2 heteroatoms. The molecule has 0 amide bonds. The Morgan fingerprint density at radius 1 is 0.520 bits per heavy atom. The second kappa shape index (κ2) is 8.30. The number of hydrogen-bond acceptors (Lipinski definition) is 0. The maximum absolute atomic E-state index is 2.38. The third-order valence-electron chi connectivity index (χ3n) is 5.65. The maximum atomic E-state index is 2.38. The summed E-state index contributed by atoms with van der Waals surface area (Å²) in [5.41, 5.74) is 0.796. The van der Waals surface area contributed by atoms with E-state index < -0.39 is 7.26 Å². The molecule has 25 heavy (non-hydrogen) atoms. The Balaban J connectivity index is 0.00000182. The number of rotatable bonds is 4. The second-order valence-corrected chi connectivity index (χ2v) is 11.1. The van der Waals surface area contributed by atoms with Crippen molar-refractivity contribution in [1.29, 1.82) is 0 Å². The van der Waals surface area contributed by atoms with Crippen LogP contribution in [0.15, 0.2) is 91.0 Å². The predicted molar refractivity (Wildman–Crippen MR) is 119 cm³/mol. The van der Waals surface area contributed by atoms with Gasteiger partial charge in [0, 0.05) is 0 Å². The van der Waals surface area contributed by atoms with Crippen LogP contribution in [0, 0.1) is 0 Å². The van der Waals surface area contributed by atoms with Crippen molar-refractivity contribution >= 4 is 40.2 Å². The van der Waals surface area contributed by atoms with E-state index in [1.165, 1.54) is 25.7 Å². The van der Waals surface area contributed by atoms with E-state index in [4.69, 9.17) is 0 Å². The van der Waals surface area contributed by atoms with Crippen molar-refractivity contribution in [2.45, 2.75) is 31.3 Å². The van der Waals surface area contributed by atoms with Crippen molar-refractivity contribution < 1.29 is 0 Å². The Kier molecular flexibility index (Phi) is 6.10. The molecule has 4 rings (SSSR count). The minimum absolute atomic E-state index is 0. The first kappa shape index (κ1) is 18.4. The summed E-state index contributed by atoms with van der Waals surface area (Å²) in [6, 6.07) is 34.0. The van der Waals surface area contributed by atoms with Gasteiger partial charge in [-0.2, -0.15) is 0 Å². The van der Waals surface area contributed by atoms with Crippen LogP contribution in [0.25, 0.3) is 0 Å². The molecular formula is C23H26BrP. The Hall–Kier alpha value is -1.43. The summed E-state index contributed by atoms with van der Waals surface area (Å²) in [6.07, 6.45) is 5.49. The summed E-state index contributed by atoms with van der Waals surface area (Å²) in [5.74, 6) is 0. The molecule has 1 aliphatic carbocycles. The molecule has 1 aliphatic rings. The van der Waals surface area contributed by atoms with Crippen LogP contribution in [0.3, 0.4) is 0 Å². The van der Waals surface area contributed by atoms with Crippen LogP contribution < -0.4 is 15.9 Å². The van der Waals surface area contributed by atoms with Gasteiger partial charge in [0.1, 0.15) is 0 Å². The predicted octanol–water partition coefficient (Wildman–Crippen LogP) is 5.23. The summed E-state index contributed by atoms with van der Waals surface area (Å²) in [6.45, 7) is 0. The number of hydrogen-bond donors (Lipinski definition) is 0. The average molecular weight is 413 g/mol. The Morgan fingerprint density at radius 2 is 0.840 bits per heavy atom. The molecule has 0 N–H and O–H groups in total. The van der Waals surface area contributed by atoms with Crippen molar-refractivity contribution in [3.8, 4) is 0 Å². The standard InChI is InChI=1S/C23H25P.BrH/c1-4-12-20(13-5-1)24(23-18-10-11-19-23,21-14-6-2-7-15-21)22-16-8-3-9-17-22;/h1-9,12-17,23-24H,10-11,18-19H2;1H. The number of benzene rings is 3. The molecule has 130 valence electrons. The van der Waals surface area contributed by atoms with Crippen LogP contribution in [0.4, 0.5) is 0 Å². The first-order valence-corrected chi connectivity index (χ1v) is 11.2. The van der Waals surface area contributed by atoms with Crippen LogP contribution in [0.2, 0.25) is 0 Å². The van der Waals surface area contributed by atoms with E-state index in [0.29, 0.717) is 0 Å². The van der Waals surface area contributed by atoms with E-state index in [1.54, 1.807) is 15.9 Å². The molecular weight excluding hydrogens is 387 g/mol. The molecule has 0 atom stereocenters. The Morgan fingerprint density at radius 3 is 1.16 bits per heavy atom. The van der Waals surface area contributed by atoms with Gasteiger partial charge >= 0.3 is 146 Å². The van der Waals surface area contributed by atoms with Gasteiger partial charge in [0.25, 0.3) is 0 Å². The monoisotopic (exact) mass is 412 g/mol. The zero-order valence-electron chi connectivity index (χ0n) is 14.5. The van der Waals surface area contributed by atoms with Crippen LogP contribution in [0.5, 0.6) is 0 Å². The van der Waals surface area contributed by atoms with Crippen LogP contribution in [-0.4, -0.2) is 5.66 Å². The van der Waals surface area contributed by atoms with E-state index in [-0.39, 0.29) is 17.0 Å². The van der Waals surface area contributed by atoms with E-state index in [9.17, 15) is 0 Å². The van der Waals surface area contributed by atoms with Gasteiger partial charge in [0.2, 0.25) is 0 Å². The van der Waals surface area contributed by atoms with Crippen LogP contribution >= 0.6 is 24.2 Å². The normalized spacial score (nSPS) is 15.5. The van der Waals surface area contributed by atoms with Gasteiger partial charge in [-0.05, 0) is 0 Å². The van der Waals surface area contributed by atoms with Crippen molar-refractivity contribution in [3.63, 3.8) is 0 Å². The van der Waals surface area contributed by atoms with Crippen molar-refractivity contribution in [3.05, 3.63) is 91.0 Å². The molecule has 0 unspecified atom stereocenters. The molecule has 0 aromatic heterocycles. The third-order valence-corrected chi connectivity index (χ3v) is 11.2. The third kappa shape index (κ3) is 3.33. The molecule has 0 bridgehead atoms. The summed E-state index contributed by atoms with van der Waals surface area (Å²) in [5, 5.41) is 4.69. The molecule has 3 aromatic rings. The van der Waals surface area contributed by atoms with Crippen molar-refractivity contribution in [1.82, 2.24) is 0 Å². The van der Waals surface area contributed by atoms with Gasteiger partial charge in [0.05, 0.1) is 0 Å². The Bertz CT molecular complexity index is 668. The first-order chi connectivity index (χ1) is 11.9. The van der Waals surface area contributed by atoms with Gasteiger partial charge in [-0.25, -0.2) is 0 Å². The fourth-order valence-electron chi connectivity index (χ4n) is 4.67. The zero-order valence-corrected chi connectivity index (χ0v) is 17.2. The Labute approximate surface area is 162 Å². The van der Waals surface area contributed by atoms with Crippen molar-refractivity contribution in [2.75, 3.05) is 0 Å². The summed E-state index contributed by atoms with van der Waals surface area (Å²) in [7, 11) is -1.99. The molecule has 1 saturated carbocycles. The quantitative estimate of drug-likeness (QED) is 0.514. The van der Waals surface area contributed by atoms with Gasteiger partial charge in [0.15, 0.2) is 0 Å². The molecule has 1 fully saturated rings. The van der Waals surface area contributed by atoms with E-state index in [2.05, 4.69) is 91.0 Å². The molecule has 0 spiro atoms. The zero-order chi connectivity index (χ0) is 16.2. The summed E-state index contributed by atoms with van der Waals surface area (Å²) in [4.78, 5) is 0. The first-order valence-electron chi connectivity index (χ1n) is 9.09. The van der Waals surface area contributed by atoms with Gasteiger partial charge in [-0.1, -0.05) is 0 Å². The average Bonchev–Trinajstić information content (AvgIpc) is 3.20. The van der Waals surface area contributed by atoms with Crippen LogP contribution in [0.1, 0.15) is 25.7 Å². The number of halogens is 1. The van der Waals surface area contributed by atoms with Gasteiger partial charge in [-0.3, -0.25) is 0 Å². The fraction of sp³-hybridized carbons (Fsp3) is 0.217. The van der Waals surface area contributed by atoms with E-state index in [0.717, 1.165) is 5.66 Å². The van der Waals surface area contributed by atoms with E-state index in [1.807, 2.05) is 0 Å². The molecule has 0 heterocycles. The molecule has 0 saturated heterocycles.